The number of benzene rings is 10. The highest BCUT2D eigenvalue weighted by molar-refractivity contribution is 6.11. The lowest BCUT2D eigenvalue weighted by molar-refractivity contribution is 1.18. The first-order valence-electron chi connectivity index (χ1n) is 20.6. The van der Waals surface area contributed by atoms with Crippen molar-refractivity contribution in [3.63, 3.8) is 0 Å². The van der Waals surface area contributed by atoms with E-state index in [4.69, 9.17) is 0 Å². The van der Waals surface area contributed by atoms with Crippen molar-refractivity contribution in [3.05, 3.63) is 243 Å². The third kappa shape index (κ3) is 6.41. The molecule has 0 saturated carbocycles. The molecule has 0 atom stereocenters. The Morgan fingerprint density at radius 2 is 0.733 bits per heavy atom. The fourth-order valence-electron chi connectivity index (χ4n) is 8.86. The van der Waals surface area contributed by atoms with Gasteiger partial charge in [0.1, 0.15) is 0 Å². The largest absolute Gasteiger partial charge is 0.310 e. The predicted octanol–water partition coefficient (Wildman–Crippen LogP) is 16.1. The van der Waals surface area contributed by atoms with Gasteiger partial charge in [0.25, 0.3) is 0 Å². The minimum Gasteiger partial charge on any atom is -0.310 e. The highest BCUT2D eigenvalue weighted by Gasteiger charge is 2.19. The van der Waals surface area contributed by atoms with Crippen LogP contribution >= 0.6 is 0 Å². The summed E-state index contributed by atoms with van der Waals surface area (Å²) < 4.78 is 2.46. The van der Waals surface area contributed by atoms with Gasteiger partial charge in [-0.1, -0.05) is 182 Å². The number of nitrogens with zero attached hydrogens (tertiary/aromatic N) is 2. The molecule has 0 fully saturated rings. The lowest BCUT2D eigenvalue weighted by Gasteiger charge is -2.26. The van der Waals surface area contributed by atoms with Crippen LogP contribution in [0.4, 0.5) is 17.1 Å². The third-order valence-electron chi connectivity index (χ3n) is 11.8. The molecular formula is C58H40N2. The van der Waals surface area contributed by atoms with Gasteiger partial charge in [-0.05, 0) is 116 Å². The highest BCUT2D eigenvalue weighted by atomic mass is 15.1. The average molecular weight is 765 g/mol. The van der Waals surface area contributed by atoms with Crippen molar-refractivity contribution in [2.75, 3.05) is 4.90 Å². The van der Waals surface area contributed by atoms with Gasteiger partial charge in [0.2, 0.25) is 0 Å². The van der Waals surface area contributed by atoms with E-state index in [-0.39, 0.29) is 0 Å². The summed E-state index contributed by atoms with van der Waals surface area (Å²) in [7, 11) is 0. The van der Waals surface area contributed by atoms with Gasteiger partial charge in [0.15, 0.2) is 0 Å². The Bertz CT molecular complexity index is 3190. The Morgan fingerprint density at radius 3 is 1.37 bits per heavy atom. The summed E-state index contributed by atoms with van der Waals surface area (Å²) in [5.41, 5.74) is 16.3. The Balaban J connectivity index is 1.12. The van der Waals surface area contributed by atoms with E-state index in [1.54, 1.807) is 0 Å². The molecule has 1 heterocycles. The smallest absolute Gasteiger partial charge is 0.0561 e. The number of rotatable bonds is 8. The molecule has 0 radical (unpaired) electrons. The van der Waals surface area contributed by atoms with E-state index >= 15 is 0 Å². The van der Waals surface area contributed by atoms with E-state index < -0.39 is 0 Å². The third-order valence-corrected chi connectivity index (χ3v) is 11.8. The number of hydrogen-bond acceptors (Lipinski definition) is 1. The molecule has 0 aliphatic heterocycles. The van der Waals surface area contributed by atoms with Gasteiger partial charge >= 0.3 is 0 Å². The van der Waals surface area contributed by atoms with E-state index in [2.05, 4.69) is 252 Å². The summed E-state index contributed by atoms with van der Waals surface area (Å²) in [6, 6.07) is 88.0. The van der Waals surface area contributed by atoms with Gasteiger partial charge in [-0.3, -0.25) is 0 Å². The van der Waals surface area contributed by atoms with Crippen LogP contribution in [0.5, 0.6) is 0 Å². The van der Waals surface area contributed by atoms with Crippen molar-refractivity contribution in [1.82, 2.24) is 4.57 Å². The normalized spacial score (nSPS) is 11.3. The predicted molar refractivity (Wildman–Crippen MR) is 255 cm³/mol. The summed E-state index contributed by atoms with van der Waals surface area (Å²) in [5, 5.41) is 4.91. The molecule has 0 bridgehead atoms. The van der Waals surface area contributed by atoms with Crippen LogP contribution in [0.15, 0.2) is 243 Å². The van der Waals surface area contributed by atoms with Crippen LogP contribution in [0.3, 0.4) is 0 Å². The van der Waals surface area contributed by atoms with Gasteiger partial charge in [0.05, 0.1) is 11.0 Å². The first-order chi connectivity index (χ1) is 29.7. The van der Waals surface area contributed by atoms with Crippen molar-refractivity contribution in [3.8, 4) is 50.2 Å². The SMILES string of the molecule is c1ccc(-c2ccc(N(c3ccc(-c4ccccc4)cc3)c3ccc4c5ccccc5n(-c5cc(-c6ccccc6)cc(-c6cccc7ccccc67)c5)c4c3)cc2)cc1. The number of anilines is 3. The second-order valence-electron chi connectivity index (χ2n) is 15.4. The fraction of sp³-hybridized carbons (Fsp3) is 0. The zero-order chi connectivity index (χ0) is 39.8. The van der Waals surface area contributed by atoms with E-state index in [1.807, 2.05) is 0 Å². The monoisotopic (exact) mass is 764 g/mol. The van der Waals surface area contributed by atoms with Crippen LogP contribution in [0.1, 0.15) is 0 Å². The molecule has 0 aliphatic rings. The van der Waals surface area contributed by atoms with Crippen molar-refractivity contribution in [2.45, 2.75) is 0 Å². The molecule has 1 aromatic heterocycles. The van der Waals surface area contributed by atoms with E-state index in [0.717, 1.165) is 28.3 Å². The van der Waals surface area contributed by atoms with Crippen LogP contribution < -0.4 is 4.90 Å². The van der Waals surface area contributed by atoms with Gasteiger partial charge in [0, 0.05) is 33.5 Å². The Labute approximate surface area is 350 Å². The maximum Gasteiger partial charge on any atom is 0.0561 e. The van der Waals surface area contributed by atoms with Crippen molar-refractivity contribution in [2.24, 2.45) is 0 Å². The molecule has 0 aliphatic carbocycles. The van der Waals surface area contributed by atoms with Crippen molar-refractivity contribution in [1.29, 1.82) is 0 Å². The minimum atomic E-state index is 1.08. The molecule has 0 N–H and O–H groups in total. The molecule has 2 nitrogen and oxygen atoms in total. The molecule has 0 saturated heterocycles. The van der Waals surface area contributed by atoms with E-state index in [0.29, 0.717) is 0 Å². The van der Waals surface area contributed by atoms with Gasteiger partial charge in [-0.2, -0.15) is 0 Å². The second-order valence-corrected chi connectivity index (χ2v) is 15.4. The Morgan fingerprint density at radius 1 is 0.267 bits per heavy atom. The molecule has 0 amide bonds. The first kappa shape index (κ1) is 35.2. The average Bonchev–Trinajstić information content (AvgIpc) is 3.66. The Kier molecular flexibility index (Phi) is 8.87. The summed E-state index contributed by atoms with van der Waals surface area (Å²) in [6.07, 6.45) is 0. The standard InChI is InChI=1S/C58H40N2/c1-4-15-41(16-5-1)44-27-31-49(32-28-44)59(50-33-29-45(30-34-50)42-17-6-2-7-18-42)51-35-36-56-55-24-12-13-26-57(55)60(58(56)40-51)52-38-47(43-19-8-3-9-20-43)37-48(39-52)54-25-14-22-46-21-10-11-23-53(46)54/h1-40H. The van der Waals surface area contributed by atoms with Crippen LogP contribution in [0.25, 0.3) is 82.8 Å². The number of para-hydroxylation sites is 1. The number of hydrogen-bond donors (Lipinski definition) is 0. The first-order valence-corrected chi connectivity index (χ1v) is 20.6. The van der Waals surface area contributed by atoms with Crippen LogP contribution in [0, 0.1) is 0 Å². The van der Waals surface area contributed by atoms with Gasteiger partial charge in [-0.25, -0.2) is 0 Å². The van der Waals surface area contributed by atoms with Gasteiger partial charge in [-0.15, -0.1) is 0 Å². The molecule has 60 heavy (non-hydrogen) atoms. The lowest BCUT2D eigenvalue weighted by atomic mass is 9.94. The molecule has 11 aromatic rings. The maximum atomic E-state index is 2.46. The summed E-state index contributed by atoms with van der Waals surface area (Å²) in [6.45, 7) is 0. The number of fused-ring (bicyclic) bond motifs is 4. The summed E-state index contributed by atoms with van der Waals surface area (Å²) in [5.74, 6) is 0. The molecule has 10 aromatic carbocycles. The highest BCUT2D eigenvalue weighted by Crippen LogP contribution is 2.42. The molecule has 0 unspecified atom stereocenters. The molecule has 11 rings (SSSR count). The summed E-state index contributed by atoms with van der Waals surface area (Å²) in [4.78, 5) is 2.38. The topological polar surface area (TPSA) is 8.17 Å². The zero-order valence-electron chi connectivity index (χ0n) is 33.0. The molecule has 0 spiro atoms. The quantitative estimate of drug-likeness (QED) is 0.150. The van der Waals surface area contributed by atoms with Crippen LogP contribution in [0.2, 0.25) is 0 Å². The second kappa shape index (κ2) is 15.1. The zero-order valence-corrected chi connectivity index (χ0v) is 33.0. The molecular weight excluding hydrogens is 725 g/mol. The molecule has 2 heteroatoms. The Hall–Kier alpha value is -7.94. The fourth-order valence-corrected chi connectivity index (χ4v) is 8.86. The van der Waals surface area contributed by atoms with E-state index in [1.165, 1.54) is 71.6 Å². The van der Waals surface area contributed by atoms with Crippen molar-refractivity contribution >= 4 is 49.6 Å². The minimum absolute atomic E-state index is 1.08. The number of aromatic nitrogens is 1. The van der Waals surface area contributed by atoms with E-state index in [9.17, 15) is 0 Å². The van der Waals surface area contributed by atoms with Crippen LogP contribution in [-0.2, 0) is 0 Å². The van der Waals surface area contributed by atoms with Crippen molar-refractivity contribution < 1.29 is 0 Å². The molecule has 282 valence electrons. The lowest BCUT2D eigenvalue weighted by Crippen LogP contribution is -2.10. The maximum absolute atomic E-state index is 2.46. The van der Waals surface area contributed by atoms with Crippen LogP contribution in [-0.4, -0.2) is 4.57 Å². The van der Waals surface area contributed by atoms with Gasteiger partial charge < -0.3 is 9.47 Å². The summed E-state index contributed by atoms with van der Waals surface area (Å²) >= 11 is 0.